The third-order valence-electron chi connectivity index (χ3n) is 8.37. The molecular formula is C34H46N4O5. The summed E-state index contributed by atoms with van der Waals surface area (Å²) in [7, 11) is 1.29. The molecule has 2 aromatic heterocycles. The Balaban J connectivity index is 1.46. The number of amides is 1. The Morgan fingerprint density at radius 1 is 0.977 bits per heavy atom. The number of anilines is 2. The Morgan fingerprint density at radius 2 is 1.70 bits per heavy atom. The normalized spacial score (nSPS) is 15.0. The maximum atomic E-state index is 14.2. The van der Waals surface area contributed by atoms with Gasteiger partial charge in [0, 0.05) is 55.5 Å². The summed E-state index contributed by atoms with van der Waals surface area (Å²) in [6.07, 6.45) is 16.7. The highest BCUT2D eigenvalue weighted by Gasteiger charge is 2.31. The molecule has 9 nitrogen and oxygen atoms in total. The number of pyridine rings is 2. The van der Waals surface area contributed by atoms with Crippen LogP contribution in [0.5, 0.6) is 0 Å². The third-order valence-corrected chi connectivity index (χ3v) is 8.37. The molecule has 9 heteroatoms. The van der Waals surface area contributed by atoms with Crippen LogP contribution in [0, 0.1) is 5.92 Å². The van der Waals surface area contributed by atoms with Crippen LogP contribution in [0.1, 0.15) is 70.6 Å². The summed E-state index contributed by atoms with van der Waals surface area (Å²) in [4.78, 5) is 47.2. The summed E-state index contributed by atoms with van der Waals surface area (Å²) in [5.41, 5.74) is 1.36. The number of benzene rings is 1. The molecule has 0 saturated carbocycles. The minimum atomic E-state index is -0.514. The van der Waals surface area contributed by atoms with Crippen molar-refractivity contribution in [2.45, 2.75) is 77.2 Å². The molecule has 43 heavy (non-hydrogen) atoms. The van der Waals surface area contributed by atoms with Crippen molar-refractivity contribution in [1.29, 1.82) is 0 Å². The van der Waals surface area contributed by atoms with Crippen LogP contribution in [0.2, 0.25) is 0 Å². The predicted octanol–water partition coefficient (Wildman–Crippen LogP) is 5.32. The van der Waals surface area contributed by atoms with Crippen LogP contribution < -0.4 is 15.4 Å². The molecule has 1 aliphatic rings. The summed E-state index contributed by atoms with van der Waals surface area (Å²) in [5.74, 6) is -0.669. The van der Waals surface area contributed by atoms with E-state index in [4.69, 9.17) is 9.84 Å². The SMILES string of the molecule is COC(=O)Cn1cc(N(CCCCCCCCCCCO)C(=O)[C@H]2CCCN(c3cncc4ccccc34)C2)ccc1=O. The molecule has 0 bridgehead atoms. The first-order valence-electron chi connectivity index (χ1n) is 15.8. The second kappa shape index (κ2) is 16.8. The van der Waals surface area contributed by atoms with Gasteiger partial charge in [-0.15, -0.1) is 0 Å². The molecule has 1 amide bonds. The van der Waals surface area contributed by atoms with Crippen LogP contribution in [-0.2, 0) is 20.9 Å². The third kappa shape index (κ3) is 9.13. The smallest absolute Gasteiger partial charge is 0.325 e. The van der Waals surface area contributed by atoms with Gasteiger partial charge in [0.25, 0.3) is 5.56 Å². The highest BCUT2D eigenvalue weighted by Crippen LogP contribution is 2.31. The summed E-state index contributed by atoms with van der Waals surface area (Å²) in [6, 6.07) is 11.3. The molecule has 1 atom stereocenters. The monoisotopic (exact) mass is 590 g/mol. The molecule has 3 heterocycles. The van der Waals surface area contributed by atoms with Crippen LogP contribution in [-0.4, -0.2) is 59.9 Å². The molecule has 1 aromatic carbocycles. The number of hydrogen-bond donors (Lipinski definition) is 1. The number of aromatic nitrogens is 2. The van der Waals surface area contributed by atoms with Crippen molar-refractivity contribution in [3.05, 3.63) is 65.3 Å². The molecule has 0 radical (unpaired) electrons. The number of nitrogens with zero attached hydrogens (tertiary/aromatic N) is 4. The second-order valence-electron chi connectivity index (χ2n) is 11.5. The molecule has 232 valence electrons. The lowest BCUT2D eigenvalue weighted by molar-refractivity contribution is -0.141. The number of hydrogen-bond acceptors (Lipinski definition) is 7. The molecule has 1 saturated heterocycles. The van der Waals surface area contributed by atoms with E-state index in [1.54, 1.807) is 12.3 Å². The number of unbranched alkanes of at least 4 members (excludes halogenated alkanes) is 8. The number of piperidine rings is 1. The van der Waals surface area contributed by atoms with Gasteiger partial charge in [-0.25, -0.2) is 0 Å². The van der Waals surface area contributed by atoms with Gasteiger partial charge in [0.1, 0.15) is 6.54 Å². The van der Waals surface area contributed by atoms with E-state index in [2.05, 4.69) is 22.0 Å². The van der Waals surface area contributed by atoms with E-state index in [1.165, 1.54) is 30.6 Å². The number of carbonyl (C=O) groups excluding carboxylic acids is 2. The van der Waals surface area contributed by atoms with Crippen LogP contribution >= 0.6 is 0 Å². The van der Waals surface area contributed by atoms with Gasteiger partial charge < -0.3 is 24.2 Å². The fourth-order valence-corrected chi connectivity index (χ4v) is 5.96. The standard InChI is InChI=1S/C34H46N4O5/c1-43-33(41)26-37-25-29(17-18-32(37)40)38(20-11-7-5-3-2-4-6-8-12-21-39)34(42)28-15-13-19-36(24-28)31-23-35-22-27-14-9-10-16-30(27)31/h9-10,14,16-18,22-23,25,28,39H,2-8,11-13,15,19-21,24,26H2,1H3/t28-/m0/s1. The van der Waals surface area contributed by atoms with E-state index in [1.807, 2.05) is 29.4 Å². The number of rotatable bonds is 16. The molecule has 3 aromatic rings. The van der Waals surface area contributed by atoms with Gasteiger partial charge in [0.15, 0.2) is 0 Å². The Labute approximate surface area is 254 Å². The first-order chi connectivity index (χ1) is 21.0. The molecule has 0 spiro atoms. The Bertz CT molecular complexity index is 1390. The number of fused-ring (bicyclic) bond motifs is 1. The molecule has 1 fully saturated rings. The largest absolute Gasteiger partial charge is 0.468 e. The molecule has 0 unspecified atom stereocenters. The van der Waals surface area contributed by atoms with Gasteiger partial charge in [0.2, 0.25) is 5.91 Å². The molecule has 0 aliphatic carbocycles. The minimum absolute atomic E-state index is 0.0463. The lowest BCUT2D eigenvalue weighted by atomic mass is 9.95. The van der Waals surface area contributed by atoms with Crippen LogP contribution in [0.25, 0.3) is 10.8 Å². The highest BCUT2D eigenvalue weighted by atomic mass is 16.5. The summed E-state index contributed by atoms with van der Waals surface area (Å²) in [5, 5.41) is 11.1. The van der Waals surface area contributed by atoms with E-state index in [0.29, 0.717) is 18.8 Å². The van der Waals surface area contributed by atoms with E-state index in [-0.39, 0.29) is 30.5 Å². The number of methoxy groups -OCH3 is 1. The van der Waals surface area contributed by atoms with Gasteiger partial charge in [-0.2, -0.15) is 0 Å². The molecular weight excluding hydrogens is 544 g/mol. The Kier molecular flexibility index (Phi) is 12.6. The maximum Gasteiger partial charge on any atom is 0.325 e. The lowest BCUT2D eigenvalue weighted by Gasteiger charge is -2.36. The van der Waals surface area contributed by atoms with Crippen molar-refractivity contribution < 1.29 is 19.4 Å². The van der Waals surface area contributed by atoms with Crippen molar-refractivity contribution in [3.8, 4) is 0 Å². The summed E-state index contributed by atoms with van der Waals surface area (Å²) < 4.78 is 6.09. The van der Waals surface area contributed by atoms with Crippen molar-refractivity contribution in [1.82, 2.24) is 9.55 Å². The topological polar surface area (TPSA) is 105 Å². The van der Waals surface area contributed by atoms with E-state index in [0.717, 1.165) is 80.8 Å². The lowest BCUT2D eigenvalue weighted by Crippen LogP contribution is -2.45. The van der Waals surface area contributed by atoms with Crippen LogP contribution in [0.15, 0.2) is 59.8 Å². The summed E-state index contributed by atoms with van der Waals surface area (Å²) in [6.45, 7) is 2.09. The summed E-state index contributed by atoms with van der Waals surface area (Å²) >= 11 is 0. The first-order valence-corrected chi connectivity index (χ1v) is 15.8. The zero-order valence-corrected chi connectivity index (χ0v) is 25.5. The number of ether oxygens (including phenoxy) is 1. The van der Waals surface area contributed by atoms with Crippen LogP contribution in [0.3, 0.4) is 0 Å². The molecule has 4 rings (SSSR count). The number of carbonyl (C=O) groups is 2. The predicted molar refractivity (Wildman–Crippen MR) is 170 cm³/mol. The Hall–Kier alpha value is -3.72. The molecule has 1 aliphatic heterocycles. The first kappa shape index (κ1) is 32.2. The van der Waals surface area contributed by atoms with E-state index < -0.39 is 5.97 Å². The van der Waals surface area contributed by atoms with Gasteiger partial charge in [-0.3, -0.25) is 19.4 Å². The van der Waals surface area contributed by atoms with Crippen LogP contribution in [0.4, 0.5) is 11.4 Å². The van der Waals surface area contributed by atoms with E-state index in [9.17, 15) is 14.4 Å². The van der Waals surface area contributed by atoms with Gasteiger partial charge in [-0.1, -0.05) is 69.2 Å². The highest BCUT2D eigenvalue weighted by molar-refractivity contribution is 5.96. The average Bonchev–Trinajstić information content (AvgIpc) is 3.04. The maximum absolute atomic E-state index is 14.2. The van der Waals surface area contributed by atoms with Crippen molar-refractivity contribution >= 4 is 34.0 Å². The second-order valence-corrected chi connectivity index (χ2v) is 11.5. The number of aliphatic hydroxyl groups is 1. The molecule has 1 N–H and O–H groups in total. The zero-order chi connectivity index (χ0) is 30.4. The van der Waals surface area contributed by atoms with E-state index >= 15 is 0 Å². The van der Waals surface area contributed by atoms with Crippen molar-refractivity contribution in [2.24, 2.45) is 5.92 Å². The zero-order valence-electron chi connectivity index (χ0n) is 25.5. The van der Waals surface area contributed by atoms with Crippen molar-refractivity contribution in [3.63, 3.8) is 0 Å². The fraction of sp³-hybridized carbons (Fsp3) is 0.529. The number of aliphatic hydroxyl groups excluding tert-OH is 1. The van der Waals surface area contributed by atoms with Gasteiger partial charge in [-0.05, 0) is 31.7 Å². The average molecular weight is 591 g/mol. The number of esters is 1. The quantitative estimate of drug-likeness (QED) is 0.178. The minimum Gasteiger partial charge on any atom is -0.468 e. The van der Waals surface area contributed by atoms with Gasteiger partial charge in [0.05, 0.1) is 30.6 Å². The fourth-order valence-electron chi connectivity index (χ4n) is 5.96. The van der Waals surface area contributed by atoms with Crippen molar-refractivity contribution in [2.75, 3.05) is 43.2 Å². The Morgan fingerprint density at radius 3 is 2.44 bits per heavy atom. The van der Waals surface area contributed by atoms with Gasteiger partial charge >= 0.3 is 5.97 Å².